The Morgan fingerprint density at radius 3 is 2.44 bits per heavy atom. The van der Waals surface area contributed by atoms with Crippen LogP contribution in [0.1, 0.15) is 42.1 Å². The Bertz CT molecular complexity index is 1050. The number of nitrogens with two attached hydrogens (primary N) is 1. The number of primary amides is 1. The highest BCUT2D eigenvalue weighted by atomic mass is 35.5. The second kappa shape index (κ2) is 12.0. The lowest BCUT2D eigenvalue weighted by molar-refractivity contribution is -0.199. The van der Waals surface area contributed by atoms with Crippen molar-refractivity contribution in [3.63, 3.8) is 0 Å². The highest BCUT2D eigenvalue weighted by molar-refractivity contribution is 6.31. The Balaban J connectivity index is 2.13. The van der Waals surface area contributed by atoms with Crippen molar-refractivity contribution in [3.8, 4) is 0 Å². The van der Waals surface area contributed by atoms with Gasteiger partial charge in [-0.3, -0.25) is 14.6 Å². The van der Waals surface area contributed by atoms with Gasteiger partial charge in [-0.05, 0) is 63.6 Å². The third-order valence-electron chi connectivity index (χ3n) is 6.66. The zero-order chi connectivity index (χ0) is 27.3. The molecule has 1 aromatic rings. The van der Waals surface area contributed by atoms with Gasteiger partial charge in [-0.25, -0.2) is 4.99 Å². The minimum Gasteiger partial charge on any atom is -0.366 e. The normalized spacial score (nSPS) is 17.2. The first-order valence-electron chi connectivity index (χ1n) is 11.5. The number of hydrogen-bond donors (Lipinski definition) is 2. The molecule has 1 saturated carbocycles. The number of carbonyl (C=O) groups is 2. The lowest BCUT2D eigenvalue weighted by atomic mass is 9.80. The second-order valence-electron chi connectivity index (χ2n) is 9.31. The Morgan fingerprint density at radius 2 is 1.97 bits per heavy atom. The van der Waals surface area contributed by atoms with Gasteiger partial charge in [-0.15, -0.1) is 0 Å². The van der Waals surface area contributed by atoms with Gasteiger partial charge in [-0.1, -0.05) is 24.2 Å². The van der Waals surface area contributed by atoms with Crippen molar-refractivity contribution in [2.24, 2.45) is 27.1 Å². The van der Waals surface area contributed by atoms with Crippen LogP contribution in [0, 0.1) is 11.3 Å². The Morgan fingerprint density at radius 1 is 1.33 bits per heavy atom. The summed E-state index contributed by atoms with van der Waals surface area (Å²) >= 11 is 6.30. The third kappa shape index (κ3) is 7.39. The fourth-order valence-corrected chi connectivity index (χ4v) is 4.27. The number of rotatable bonds is 11. The molecular weight excluding hydrogens is 495 g/mol. The van der Waals surface area contributed by atoms with E-state index in [1.807, 2.05) is 19.0 Å². The van der Waals surface area contributed by atoms with E-state index in [4.69, 9.17) is 17.3 Å². The van der Waals surface area contributed by atoms with Crippen molar-refractivity contribution in [2.45, 2.75) is 44.8 Å². The summed E-state index contributed by atoms with van der Waals surface area (Å²) < 4.78 is 41.7. The van der Waals surface area contributed by atoms with E-state index in [0.717, 1.165) is 5.56 Å². The first-order valence-corrected chi connectivity index (χ1v) is 11.8. The highest BCUT2D eigenvalue weighted by Crippen LogP contribution is 2.64. The monoisotopic (exact) mass is 527 g/mol. The summed E-state index contributed by atoms with van der Waals surface area (Å²) in [5.74, 6) is -1.83. The van der Waals surface area contributed by atoms with Gasteiger partial charge in [0, 0.05) is 48.8 Å². The molecule has 0 saturated heterocycles. The maximum atomic E-state index is 13.9. The molecule has 0 aromatic heterocycles. The summed E-state index contributed by atoms with van der Waals surface area (Å²) in [7, 11) is 5.17. The average Bonchev–Trinajstić information content (AvgIpc) is 3.60. The predicted octanol–water partition coefficient (Wildman–Crippen LogP) is 4.05. The number of carbonyl (C=O) groups excluding carboxylic acids is 2. The molecule has 36 heavy (non-hydrogen) atoms. The van der Waals surface area contributed by atoms with E-state index in [0.29, 0.717) is 17.3 Å². The predicted molar refractivity (Wildman–Crippen MR) is 137 cm³/mol. The van der Waals surface area contributed by atoms with Crippen molar-refractivity contribution < 1.29 is 22.8 Å². The fraction of sp³-hybridized carbons (Fsp3) is 0.520. The number of alkyl halides is 3. The molecule has 1 fully saturated rings. The van der Waals surface area contributed by atoms with Gasteiger partial charge in [0.05, 0.1) is 5.41 Å². The summed E-state index contributed by atoms with van der Waals surface area (Å²) in [6.45, 7) is 5.61. The van der Waals surface area contributed by atoms with Crippen LogP contribution in [0.25, 0.3) is 0 Å². The van der Waals surface area contributed by atoms with E-state index in [1.165, 1.54) is 19.3 Å². The number of nitrogens with one attached hydrogen (secondary N) is 1. The van der Waals surface area contributed by atoms with Crippen LogP contribution in [0.15, 0.2) is 40.3 Å². The number of aliphatic imine (C=N–C) groups is 2. The SMILES string of the molecule is C=C(C=NC(C)=NC)[C@H](CC(=O)NC[C@H](Cc1ccc(C(N)=O)cc1Cl)N(C)C)C1(C(F)(F)F)CC1. The summed E-state index contributed by atoms with van der Waals surface area (Å²) in [6.07, 6.45) is -3.21. The summed E-state index contributed by atoms with van der Waals surface area (Å²) in [4.78, 5) is 34.0. The van der Waals surface area contributed by atoms with Gasteiger partial charge in [-0.2, -0.15) is 13.2 Å². The number of amidine groups is 1. The molecule has 1 aromatic carbocycles. The minimum atomic E-state index is -4.46. The zero-order valence-corrected chi connectivity index (χ0v) is 21.7. The lowest BCUT2D eigenvalue weighted by Crippen LogP contribution is -2.43. The van der Waals surface area contributed by atoms with Gasteiger partial charge >= 0.3 is 6.18 Å². The number of benzene rings is 1. The van der Waals surface area contributed by atoms with Crippen LogP contribution in [0.3, 0.4) is 0 Å². The summed E-state index contributed by atoms with van der Waals surface area (Å²) in [5, 5.41) is 3.14. The quantitative estimate of drug-likeness (QED) is 0.335. The molecule has 3 N–H and O–H groups in total. The molecule has 1 aliphatic rings. The molecule has 198 valence electrons. The zero-order valence-electron chi connectivity index (χ0n) is 21.0. The maximum Gasteiger partial charge on any atom is 0.395 e. The van der Waals surface area contributed by atoms with E-state index >= 15 is 0 Å². The average molecular weight is 528 g/mol. The van der Waals surface area contributed by atoms with E-state index in [9.17, 15) is 22.8 Å². The van der Waals surface area contributed by atoms with Crippen LogP contribution >= 0.6 is 11.6 Å². The number of amides is 2. The molecule has 0 heterocycles. The third-order valence-corrected chi connectivity index (χ3v) is 7.01. The Hall–Kier alpha value is -2.72. The van der Waals surface area contributed by atoms with E-state index in [2.05, 4.69) is 21.9 Å². The molecule has 1 aliphatic carbocycles. The molecule has 2 rings (SSSR count). The number of nitrogens with zero attached hydrogens (tertiary/aromatic N) is 3. The van der Waals surface area contributed by atoms with Crippen LogP contribution in [0.2, 0.25) is 5.02 Å². The largest absolute Gasteiger partial charge is 0.395 e. The highest BCUT2D eigenvalue weighted by Gasteiger charge is 2.67. The van der Waals surface area contributed by atoms with Gasteiger partial charge in [0.15, 0.2) is 0 Å². The van der Waals surface area contributed by atoms with Crippen LogP contribution in [-0.2, 0) is 11.2 Å². The van der Waals surface area contributed by atoms with E-state index in [1.54, 1.807) is 19.1 Å². The molecule has 0 spiro atoms. The smallest absolute Gasteiger partial charge is 0.366 e. The van der Waals surface area contributed by atoms with Crippen LogP contribution < -0.4 is 11.1 Å². The molecule has 0 aliphatic heterocycles. The van der Waals surface area contributed by atoms with Crippen LogP contribution in [0.5, 0.6) is 0 Å². The summed E-state index contributed by atoms with van der Waals surface area (Å²) in [5.41, 5.74) is 4.49. The molecule has 11 heteroatoms. The first kappa shape index (κ1) is 29.5. The molecule has 0 unspecified atom stereocenters. The van der Waals surface area contributed by atoms with E-state index in [-0.39, 0.29) is 43.0 Å². The molecule has 0 bridgehead atoms. The van der Waals surface area contributed by atoms with Crippen molar-refractivity contribution in [2.75, 3.05) is 27.7 Å². The number of halogens is 4. The lowest BCUT2D eigenvalue weighted by Gasteiger charge is -2.30. The minimum absolute atomic E-state index is 0.0533. The Labute approximate surface area is 214 Å². The Kier molecular flexibility index (Phi) is 9.85. The maximum absolute atomic E-state index is 13.9. The summed E-state index contributed by atoms with van der Waals surface area (Å²) in [6, 6.07) is 4.56. The molecule has 2 amide bonds. The molecule has 2 atom stereocenters. The van der Waals surface area contributed by atoms with Gasteiger partial charge < -0.3 is 16.0 Å². The topological polar surface area (TPSA) is 100 Å². The van der Waals surface area contributed by atoms with Crippen molar-refractivity contribution >= 4 is 35.5 Å². The number of allylic oxidation sites excluding steroid dienone is 1. The van der Waals surface area contributed by atoms with Crippen molar-refractivity contribution in [1.29, 1.82) is 0 Å². The molecular formula is C25H33ClF3N5O2. The van der Waals surface area contributed by atoms with Crippen LogP contribution in [-0.4, -0.2) is 68.7 Å². The van der Waals surface area contributed by atoms with Gasteiger partial charge in [0.1, 0.15) is 5.84 Å². The molecule has 0 radical (unpaired) electrons. The fourth-order valence-electron chi connectivity index (χ4n) is 4.02. The first-order chi connectivity index (χ1) is 16.7. The van der Waals surface area contributed by atoms with Gasteiger partial charge in [0.25, 0.3) is 0 Å². The van der Waals surface area contributed by atoms with Crippen molar-refractivity contribution in [1.82, 2.24) is 10.2 Å². The standard InChI is InChI=1S/C25H33ClF3N5O2/c1-15(13-32-16(2)31-3)20(24(8-9-24)25(27,28)29)12-22(35)33-14-19(34(4)5)10-17-6-7-18(23(30)36)11-21(17)26/h6-7,11,13,19-20H,1,8-10,12,14H2,2-5H3,(H2,30,36)(H,33,35)/t19-,20-/m0/s1. The number of likely N-dealkylation sites (N-methyl/N-ethyl adjacent to an activating group) is 1. The van der Waals surface area contributed by atoms with Gasteiger partial charge in [0.2, 0.25) is 11.8 Å². The molecule has 7 nitrogen and oxygen atoms in total. The van der Waals surface area contributed by atoms with Crippen LogP contribution in [0.4, 0.5) is 13.2 Å². The van der Waals surface area contributed by atoms with E-state index < -0.39 is 29.3 Å². The van der Waals surface area contributed by atoms with Crippen molar-refractivity contribution in [3.05, 3.63) is 46.5 Å². The number of hydrogen-bond acceptors (Lipinski definition) is 4. The second-order valence-corrected chi connectivity index (χ2v) is 9.72.